The molecular weight excluding hydrogens is 480 g/mol. The van der Waals surface area contributed by atoms with Crippen LogP contribution in [0.5, 0.6) is 0 Å². The maximum absolute atomic E-state index is 13.2. The third-order valence-corrected chi connectivity index (χ3v) is 6.86. The second-order valence-electron chi connectivity index (χ2n) is 10.6. The Morgan fingerprint density at radius 2 is 1.89 bits per heavy atom. The van der Waals surface area contributed by atoms with E-state index in [0.717, 1.165) is 4.90 Å². The predicted molar refractivity (Wildman–Crippen MR) is 141 cm³/mol. The van der Waals surface area contributed by atoms with Crippen LogP contribution >= 0.6 is 11.8 Å². The molecular formula is C27H40N2O6S. The highest BCUT2D eigenvalue weighted by molar-refractivity contribution is 8.00. The molecule has 0 spiro atoms. The summed E-state index contributed by atoms with van der Waals surface area (Å²) in [6, 6.07) is 8.45. The van der Waals surface area contributed by atoms with Crippen LogP contribution in [-0.4, -0.2) is 64.7 Å². The molecule has 36 heavy (non-hydrogen) atoms. The highest BCUT2D eigenvalue weighted by Gasteiger charge is 2.49. The molecule has 3 atom stereocenters. The number of ether oxygens (including phenoxy) is 3. The van der Waals surface area contributed by atoms with Gasteiger partial charge < -0.3 is 19.5 Å². The lowest BCUT2D eigenvalue weighted by Gasteiger charge is -2.37. The number of esters is 1. The van der Waals surface area contributed by atoms with Gasteiger partial charge in [-0.2, -0.15) is 0 Å². The van der Waals surface area contributed by atoms with E-state index in [9.17, 15) is 14.4 Å². The van der Waals surface area contributed by atoms with Gasteiger partial charge in [0.25, 0.3) is 0 Å². The Morgan fingerprint density at radius 3 is 2.44 bits per heavy atom. The fourth-order valence-electron chi connectivity index (χ4n) is 3.85. The van der Waals surface area contributed by atoms with E-state index < -0.39 is 35.5 Å². The Kier molecular flexibility index (Phi) is 10.4. The summed E-state index contributed by atoms with van der Waals surface area (Å²) in [5.41, 5.74) is -1.59. The molecule has 0 radical (unpaired) electrons. The summed E-state index contributed by atoms with van der Waals surface area (Å²) >= 11 is 1.49. The lowest BCUT2D eigenvalue weighted by Crippen LogP contribution is -2.53. The molecule has 1 aliphatic heterocycles. The molecule has 1 fully saturated rings. The molecule has 1 aromatic rings. The van der Waals surface area contributed by atoms with Crippen molar-refractivity contribution >= 4 is 29.7 Å². The Labute approximate surface area is 219 Å². The average molecular weight is 521 g/mol. The van der Waals surface area contributed by atoms with Crippen LogP contribution in [-0.2, 0) is 23.8 Å². The van der Waals surface area contributed by atoms with Gasteiger partial charge in [-0.25, -0.2) is 9.59 Å². The second-order valence-corrected chi connectivity index (χ2v) is 11.9. The summed E-state index contributed by atoms with van der Waals surface area (Å²) in [6.45, 7) is 16.6. The topological polar surface area (TPSA) is 94.2 Å². The molecule has 1 N–H and O–H groups in total. The van der Waals surface area contributed by atoms with E-state index in [1.54, 1.807) is 4.90 Å². The summed E-state index contributed by atoms with van der Waals surface area (Å²) in [6.07, 6.45) is 1.04. The number of hydrogen-bond acceptors (Lipinski definition) is 7. The van der Waals surface area contributed by atoms with Crippen molar-refractivity contribution in [1.82, 2.24) is 10.2 Å². The van der Waals surface area contributed by atoms with Crippen molar-refractivity contribution < 1.29 is 28.6 Å². The normalized spacial score (nSPS) is 18.9. The SMILES string of the molecule is C=CCOC(=O)[C@@H](NC(=O)CC(Sc1ccccc1)[C@@H]1COC(C)(C)N1C(=O)OC(C)(C)C)C(C)C. The van der Waals surface area contributed by atoms with Gasteiger partial charge in [-0.1, -0.05) is 44.7 Å². The van der Waals surface area contributed by atoms with Gasteiger partial charge in [0, 0.05) is 16.6 Å². The molecule has 1 aliphatic rings. The highest BCUT2D eigenvalue weighted by Crippen LogP contribution is 2.38. The number of carbonyl (C=O) groups excluding carboxylic acids is 3. The van der Waals surface area contributed by atoms with Crippen molar-refractivity contribution in [3.05, 3.63) is 43.0 Å². The number of amides is 2. The van der Waals surface area contributed by atoms with Crippen LogP contribution in [0.3, 0.4) is 0 Å². The summed E-state index contributed by atoms with van der Waals surface area (Å²) in [4.78, 5) is 41.5. The molecule has 0 bridgehead atoms. The maximum atomic E-state index is 13.2. The largest absolute Gasteiger partial charge is 0.460 e. The van der Waals surface area contributed by atoms with Gasteiger partial charge in [0.1, 0.15) is 24.0 Å². The molecule has 0 aliphatic carbocycles. The van der Waals surface area contributed by atoms with Crippen molar-refractivity contribution in [3.63, 3.8) is 0 Å². The minimum atomic E-state index is -0.909. The zero-order valence-electron chi connectivity index (χ0n) is 22.4. The molecule has 0 saturated carbocycles. The fraction of sp³-hybridized carbons (Fsp3) is 0.593. The highest BCUT2D eigenvalue weighted by atomic mass is 32.2. The van der Waals surface area contributed by atoms with Crippen LogP contribution in [0, 0.1) is 5.92 Å². The van der Waals surface area contributed by atoms with Crippen LogP contribution in [0.1, 0.15) is 54.9 Å². The van der Waals surface area contributed by atoms with Crippen molar-refractivity contribution in [2.45, 2.75) is 88.4 Å². The van der Waals surface area contributed by atoms with E-state index in [-0.39, 0.29) is 36.7 Å². The molecule has 1 aromatic carbocycles. The number of thioether (sulfide) groups is 1. The van der Waals surface area contributed by atoms with E-state index in [1.807, 2.05) is 78.8 Å². The van der Waals surface area contributed by atoms with Gasteiger partial charge in [0.15, 0.2) is 0 Å². The predicted octanol–water partition coefficient (Wildman–Crippen LogP) is 4.78. The van der Waals surface area contributed by atoms with Gasteiger partial charge in [0.2, 0.25) is 5.91 Å². The first-order chi connectivity index (χ1) is 16.7. The number of benzene rings is 1. The smallest absolute Gasteiger partial charge is 0.412 e. The average Bonchev–Trinajstić information content (AvgIpc) is 3.09. The van der Waals surface area contributed by atoms with E-state index in [1.165, 1.54) is 17.8 Å². The first-order valence-electron chi connectivity index (χ1n) is 12.2. The molecule has 8 nitrogen and oxygen atoms in total. The lowest BCUT2D eigenvalue weighted by atomic mass is 10.0. The number of rotatable bonds is 10. The summed E-state index contributed by atoms with van der Waals surface area (Å²) in [5.74, 6) is -0.990. The molecule has 0 aromatic heterocycles. The minimum absolute atomic E-state index is 0.0565. The lowest BCUT2D eigenvalue weighted by molar-refractivity contribution is -0.148. The molecule has 1 heterocycles. The van der Waals surface area contributed by atoms with Crippen LogP contribution < -0.4 is 5.32 Å². The van der Waals surface area contributed by atoms with Crippen LogP contribution in [0.4, 0.5) is 4.79 Å². The van der Waals surface area contributed by atoms with Crippen LogP contribution in [0.15, 0.2) is 47.9 Å². The molecule has 2 amide bonds. The minimum Gasteiger partial charge on any atom is -0.460 e. The van der Waals surface area contributed by atoms with Crippen molar-refractivity contribution in [2.24, 2.45) is 5.92 Å². The standard InChI is InChI=1S/C27H40N2O6S/c1-9-15-33-24(31)23(18(2)3)28-22(30)16-21(36-19-13-11-10-12-14-19)20-17-34-27(7,8)29(20)25(32)35-26(4,5)6/h9-14,18,20-21,23H,1,15-17H2,2-8H3,(H,28,30)/t20-,21?,23-/m0/s1. The third kappa shape index (κ3) is 8.55. The Balaban J connectivity index is 2.30. The Hall–Kier alpha value is -2.52. The van der Waals surface area contributed by atoms with Crippen LogP contribution in [0.25, 0.3) is 0 Å². The fourth-order valence-corrected chi connectivity index (χ4v) is 5.10. The quantitative estimate of drug-likeness (QED) is 0.270. The first kappa shape index (κ1) is 29.7. The molecule has 2 rings (SSSR count). The number of nitrogens with one attached hydrogen (secondary N) is 1. The zero-order valence-corrected chi connectivity index (χ0v) is 23.2. The monoisotopic (exact) mass is 520 g/mol. The summed E-state index contributed by atoms with van der Waals surface area (Å²) < 4.78 is 16.9. The second kappa shape index (κ2) is 12.6. The van der Waals surface area contributed by atoms with Crippen LogP contribution in [0.2, 0.25) is 0 Å². The molecule has 1 saturated heterocycles. The number of hydrogen-bond donors (Lipinski definition) is 1. The number of nitrogens with zero attached hydrogens (tertiary/aromatic N) is 1. The first-order valence-corrected chi connectivity index (χ1v) is 13.1. The maximum Gasteiger partial charge on any atom is 0.412 e. The summed E-state index contributed by atoms with van der Waals surface area (Å²) in [5, 5.41) is 2.47. The molecule has 9 heteroatoms. The Bertz CT molecular complexity index is 913. The van der Waals surface area contributed by atoms with E-state index >= 15 is 0 Å². The van der Waals surface area contributed by atoms with Gasteiger partial charge in [0.05, 0.1) is 12.6 Å². The Morgan fingerprint density at radius 1 is 1.25 bits per heavy atom. The zero-order chi connectivity index (χ0) is 27.1. The van der Waals surface area contributed by atoms with E-state index in [2.05, 4.69) is 11.9 Å². The van der Waals surface area contributed by atoms with Gasteiger partial charge in [-0.3, -0.25) is 9.69 Å². The van der Waals surface area contributed by atoms with Gasteiger partial charge >= 0.3 is 12.1 Å². The molecule has 1 unspecified atom stereocenters. The van der Waals surface area contributed by atoms with Crippen molar-refractivity contribution in [2.75, 3.05) is 13.2 Å². The van der Waals surface area contributed by atoms with E-state index in [0.29, 0.717) is 0 Å². The molecule has 200 valence electrons. The van der Waals surface area contributed by atoms with Crippen molar-refractivity contribution in [3.8, 4) is 0 Å². The third-order valence-electron chi connectivity index (χ3n) is 5.54. The summed E-state index contributed by atoms with van der Waals surface area (Å²) in [7, 11) is 0. The number of carbonyl (C=O) groups is 3. The van der Waals surface area contributed by atoms with Crippen molar-refractivity contribution in [1.29, 1.82) is 0 Å². The van der Waals surface area contributed by atoms with Gasteiger partial charge in [-0.05, 0) is 52.7 Å². The van der Waals surface area contributed by atoms with Gasteiger partial charge in [-0.15, -0.1) is 11.8 Å². The van der Waals surface area contributed by atoms with E-state index in [4.69, 9.17) is 14.2 Å².